The van der Waals surface area contributed by atoms with Gasteiger partial charge in [0.1, 0.15) is 0 Å². The van der Waals surface area contributed by atoms with Crippen LogP contribution in [-0.2, 0) is 0 Å². The van der Waals surface area contributed by atoms with E-state index in [9.17, 15) is 0 Å². The van der Waals surface area contributed by atoms with Crippen molar-refractivity contribution in [2.75, 3.05) is 0 Å². The summed E-state index contributed by atoms with van der Waals surface area (Å²) in [6, 6.07) is 0. The van der Waals surface area contributed by atoms with Gasteiger partial charge in [-0.05, 0) is 31.1 Å². The number of allylic oxidation sites excluding steroid dienone is 2. The fourth-order valence-corrected chi connectivity index (χ4v) is 0.976. The summed E-state index contributed by atoms with van der Waals surface area (Å²) in [5, 5.41) is 0. The normalized spacial score (nSPS) is 10.7. The molecule has 0 aromatic heterocycles. The number of unbranched alkanes of at least 4 members (excludes halogenated alkanes) is 3. The molecule has 0 nitrogen and oxygen atoms in total. The van der Waals surface area contributed by atoms with Crippen LogP contribution < -0.4 is 0 Å². The molecule has 11 heavy (non-hydrogen) atoms. The van der Waals surface area contributed by atoms with E-state index >= 15 is 0 Å². The second-order valence-corrected chi connectivity index (χ2v) is 3.57. The maximum atomic E-state index is 4.95. The van der Waals surface area contributed by atoms with Crippen LogP contribution in [0.5, 0.6) is 0 Å². The maximum Gasteiger partial charge on any atom is -0.00363 e. The van der Waals surface area contributed by atoms with Crippen LogP contribution in [0.1, 0.15) is 46.0 Å². The summed E-state index contributed by atoms with van der Waals surface area (Å²) in [5.41, 5.74) is 0. The maximum absolute atomic E-state index is 4.95. The summed E-state index contributed by atoms with van der Waals surface area (Å²) < 4.78 is 0. The van der Waals surface area contributed by atoms with Gasteiger partial charge in [-0.15, -0.1) is 0 Å². The highest BCUT2D eigenvalue weighted by molar-refractivity contribution is 7.80. The van der Waals surface area contributed by atoms with E-state index in [1.165, 1.54) is 25.7 Å². The zero-order valence-electron chi connectivity index (χ0n) is 7.60. The van der Waals surface area contributed by atoms with Gasteiger partial charge in [0.2, 0.25) is 0 Å². The molecule has 0 rings (SSSR count). The third-order valence-corrected chi connectivity index (χ3v) is 1.71. The topological polar surface area (TPSA) is 0 Å². The van der Waals surface area contributed by atoms with Gasteiger partial charge in [-0.2, -0.15) is 0 Å². The average Bonchev–Trinajstić information content (AvgIpc) is 1.96. The first kappa shape index (κ1) is 10.8. The van der Waals surface area contributed by atoms with Crippen molar-refractivity contribution in [2.24, 2.45) is 0 Å². The highest BCUT2D eigenvalue weighted by atomic mass is 32.1. The van der Waals surface area contributed by atoms with Crippen molar-refractivity contribution in [3.8, 4) is 0 Å². The molecule has 0 heterocycles. The molecule has 0 bridgehead atoms. The van der Waals surface area contributed by atoms with Crippen molar-refractivity contribution in [3.05, 3.63) is 12.2 Å². The van der Waals surface area contributed by atoms with Crippen LogP contribution in [0.2, 0.25) is 0 Å². The second-order valence-electron chi connectivity index (χ2n) is 2.87. The van der Waals surface area contributed by atoms with E-state index in [1.54, 1.807) is 0 Å². The Labute approximate surface area is 75.7 Å². The van der Waals surface area contributed by atoms with Crippen molar-refractivity contribution in [1.29, 1.82) is 0 Å². The van der Waals surface area contributed by atoms with Gasteiger partial charge in [-0.25, -0.2) is 0 Å². The third-order valence-electron chi connectivity index (χ3n) is 1.55. The molecule has 0 fully saturated rings. The van der Waals surface area contributed by atoms with Crippen LogP contribution in [0.3, 0.4) is 0 Å². The van der Waals surface area contributed by atoms with Crippen LogP contribution in [0.25, 0.3) is 0 Å². The molecular formula is C10H18S. The summed E-state index contributed by atoms with van der Waals surface area (Å²) in [7, 11) is 0. The van der Waals surface area contributed by atoms with E-state index in [1.807, 2.05) is 6.92 Å². The molecule has 0 radical (unpaired) electrons. The van der Waals surface area contributed by atoms with Gasteiger partial charge in [0.05, 0.1) is 0 Å². The molecule has 0 unspecified atom stereocenters. The fourth-order valence-electron chi connectivity index (χ4n) is 0.879. The average molecular weight is 170 g/mol. The van der Waals surface area contributed by atoms with E-state index in [0.717, 1.165) is 11.3 Å². The van der Waals surface area contributed by atoms with E-state index in [2.05, 4.69) is 19.1 Å². The number of hydrogen-bond donors (Lipinski definition) is 0. The van der Waals surface area contributed by atoms with E-state index in [-0.39, 0.29) is 0 Å². The Kier molecular flexibility index (Phi) is 7.81. The van der Waals surface area contributed by atoms with E-state index in [0.29, 0.717) is 0 Å². The minimum absolute atomic E-state index is 0.974. The van der Waals surface area contributed by atoms with Gasteiger partial charge < -0.3 is 0 Å². The Bertz CT molecular complexity index is 125. The summed E-state index contributed by atoms with van der Waals surface area (Å²) >= 11 is 4.95. The molecule has 0 atom stereocenters. The van der Waals surface area contributed by atoms with Crippen molar-refractivity contribution in [2.45, 2.75) is 46.0 Å². The minimum atomic E-state index is 0.974. The van der Waals surface area contributed by atoms with Gasteiger partial charge in [0.25, 0.3) is 0 Å². The van der Waals surface area contributed by atoms with Gasteiger partial charge in [0, 0.05) is 0 Å². The number of rotatable bonds is 6. The first-order valence-corrected chi connectivity index (χ1v) is 4.82. The Morgan fingerprint density at radius 2 is 2.00 bits per heavy atom. The largest absolute Gasteiger partial charge is 0.0897 e. The zero-order chi connectivity index (χ0) is 8.53. The predicted octanol–water partition coefficient (Wildman–Crippen LogP) is 3.90. The van der Waals surface area contributed by atoms with Crippen molar-refractivity contribution in [3.63, 3.8) is 0 Å². The lowest BCUT2D eigenvalue weighted by atomic mass is 10.2. The van der Waals surface area contributed by atoms with E-state index in [4.69, 9.17) is 12.2 Å². The van der Waals surface area contributed by atoms with Crippen molar-refractivity contribution in [1.82, 2.24) is 0 Å². The first-order valence-electron chi connectivity index (χ1n) is 4.41. The number of hydrogen-bond acceptors (Lipinski definition) is 1. The lowest BCUT2D eigenvalue weighted by Gasteiger charge is -1.91. The molecule has 1 heteroatoms. The van der Waals surface area contributed by atoms with E-state index < -0.39 is 0 Å². The quantitative estimate of drug-likeness (QED) is 0.331. The summed E-state index contributed by atoms with van der Waals surface area (Å²) in [6.07, 6.45) is 10.6. The molecule has 0 saturated heterocycles. The Morgan fingerprint density at radius 1 is 1.27 bits per heavy atom. The van der Waals surface area contributed by atoms with Gasteiger partial charge in [-0.1, -0.05) is 44.1 Å². The predicted molar refractivity (Wildman–Crippen MR) is 56.2 cm³/mol. The Balaban J connectivity index is 3.10. The summed E-state index contributed by atoms with van der Waals surface area (Å²) in [6.45, 7) is 4.22. The Morgan fingerprint density at radius 3 is 2.55 bits per heavy atom. The molecule has 0 aliphatic rings. The molecule has 0 aliphatic carbocycles. The highest BCUT2D eigenvalue weighted by Crippen LogP contribution is 2.00. The molecule has 64 valence electrons. The first-order chi connectivity index (χ1) is 5.27. The summed E-state index contributed by atoms with van der Waals surface area (Å²) in [4.78, 5) is 1.08. The monoisotopic (exact) mass is 170 g/mol. The zero-order valence-corrected chi connectivity index (χ0v) is 8.41. The molecule has 0 aromatic carbocycles. The van der Waals surface area contributed by atoms with Gasteiger partial charge in [-0.3, -0.25) is 0 Å². The van der Waals surface area contributed by atoms with Crippen LogP contribution in [0.15, 0.2) is 12.2 Å². The number of thiocarbonyl (C=S) groups is 1. The van der Waals surface area contributed by atoms with Gasteiger partial charge >= 0.3 is 0 Å². The molecule has 0 aliphatic heterocycles. The molecule has 0 amide bonds. The fraction of sp³-hybridized carbons (Fsp3) is 0.700. The molecule has 0 N–H and O–H groups in total. The molecule has 0 aromatic rings. The molecular weight excluding hydrogens is 152 g/mol. The third kappa shape index (κ3) is 9.83. The van der Waals surface area contributed by atoms with Crippen LogP contribution >= 0.6 is 12.2 Å². The van der Waals surface area contributed by atoms with Crippen LogP contribution in [0, 0.1) is 0 Å². The lowest BCUT2D eigenvalue weighted by Crippen LogP contribution is -1.80. The lowest BCUT2D eigenvalue weighted by molar-refractivity contribution is 0.728. The SMILES string of the molecule is CCCCCC=CCC(C)=S. The van der Waals surface area contributed by atoms with Crippen LogP contribution in [0.4, 0.5) is 0 Å². The standard InChI is InChI=1S/C10H18S/c1-3-4-5-6-7-8-9-10(2)11/h7-8H,3-6,9H2,1-2H3. The second kappa shape index (κ2) is 7.93. The smallest absolute Gasteiger partial charge is 0.00363 e. The summed E-state index contributed by atoms with van der Waals surface area (Å²) in [5.74, 6) is 0. The highest BCUT2D eigenvalue weighted by Gasteiger charge is 1.82. The van der Waals surface area contributed by atoms with Crippen LogP contribution in [-0.4, -0.2) is 4.86 Å². The van der Waals surface area contributed by atoms with Gasteiger partial charge in [0.15, 0.2) is 0 Å². The van der Waals surface area contributed by atoms with Crippen molar-refractivity contribution < 1.29 is 0 Å². The molecule has 0 saturated carbocycles. The Hall–Kier alpha value is -0.170. The minimum Gasteiger partial charge on any atom is -0.0897 e. The molecule has 0 spiro atoms. The van der Waals surface area contributed by atoms with Crippen molar-refractivity contribution >= 4 is 17.1 Å².